The molecule has 4 nitrogen and oxygen atoms in total. The van der Waals surface area contributed by atoms with E-state index in [1.54, 1.807) is 12.1 Å². The fourth-order valence-electron chi connectivity index (χ4n) is 3.27. The minimum atomic E-state index is -4.57. The van der Waals surface area contributed by atoms with E-state index in [9.17, 15) is 13.2 Å². The van der Waals surface area contributed by atoms with Gasteiger partial charge in [0.15, 0.2) is 0 Å². The fourth-order valence-corrected chi connectivity index (χ4v) is 3.27. The summed E-state index contributed by atoms with van der Waals surface area (Å²) in [6.07, 6.45) is 1.12. The summed E-state index contributed by atoms with van der Waals surface area (Å²) in [5.41, 5.74) is 2.58. The normalized spacial score (nSPS) is 11.4. The highest BCUT2D eigenvalue weighted by Crippen LogP contribution is 2.36. The number of halogens is 3. The Kier molecular flexibility index (Phi) is 7.50. The Morgan fingerprint density at radius 3 is 2.29 bits per heavy atom. The molecule has 0 spiro atoms. The molecule has 0 bridgehead atoms. The van der Waals surface area contributed by atoms with Gasteiger partial charge in [-0.15, -0.1) is 0 Å². The molecule has 3 aromatic rings. The summed E-state index contributed by atoms with van der Waals surface area (Å²) in [6.45, 7) is 4.17. The Morgan fingerprint density at radius 1 is 0.871 bits per heavy atom. The molecule has 0 aliphatic rings. The van der Waals surface area contributed by atoms with Crippen LogP contribution in [0.2, 0.25) is 0 Å². The van der Waals surface area contributed by atoms with E-state index in [0.29, 0.717) is 5.69 Å². The van der Waals surface area contributed by atoms with E-state index in [0.717, 1.165) is 49.6 Å². The van der Waals surface area contributed by atoms with E-state index in [-0.39, 0.29) is 11.8 Å². The van der Waals surface area contributed by atoms with Crippen LogP contribution in [0, 0.1) is 0 Å². The van der Waals surface area contributed by atoms with Gasteiger partial charge in [0.1, 0.15) is 11.4 Å². The van der Waals surface area contributed by atoms with Gasteiger partial charge in [-0.2, -0.15) is 18.2 Å². The van der Waals surface area contributed by atoms with Crippen molar-refractivity contribution >= 4 is 23.1 Å². The van der Waals surface area contributed by atoms with Gasteiger partial charge in [0.25, 0.3) is 0 Å². The van der Waals surface area contributed by atoms with E-state index in [1.807, 2.05) is 43.3 Å². The topological polar surface area (TPSA) is 49.8 Å². The van der Waals surface area contributed by atoms with Crippen LogP contribution in [-0.4, -0.2) is 9.97 Å². The van der Waals surface area contributed by atoms with E-state index >= 15 is 0 Å². The fraction of sp³-hybridized carbons (Fsp3) is 0.333. The third-order valence-corrected chi connectivity index (χ3v) is 4.91. The number of anilines is 4. The lowest BCUT2D eigenvalue weighted by Gasteiger charge is -2.17. The van der Waals surface area contributed by atoms with Crippen molar-refractivity contribution in [1.29, 1.82) is 0 Å². The summed E-state index contributed by atoms with van der Waals surface area (Å²) >= 11 is 0. The van der Waals surface area contributed by atoms with Crippen molar-refractivity contribution in [3.05, 3.63) is 71.4 Å². The van der Waals surface area contributed by atoms with Crippen LogP contribution in [0.3, 0.4) is 0 Å². The number of hydrogen-bond donors (Lipinski definition) is 2. The third kappa shape index (κ3) is 6.20. The zero-order chi connectivity index (χ0) is 22.3. The van der Waals surface area contributed by atoms with E-state index < -0.39 is 11.7 Å². The summed E-state index contributed by atoms with van der Waals surface area (Å²) in [4.78, 5) is 8.04. The SMILES string of the molecule is CCCCc1ccc(Nc2ncc(C(F)(F)F)c(Nc3ccccc3CCC)n2)cc1. The maximum atomic E-state index is 13.6. The van der Waals surface area contributed by atoms with Gasteiger partial charge >= 0.3 is 6.18 Å². The number of nitrogens with zero attached hydrogens (tertiary/aromatic N) is 2. The lowest BCUT2D eigenvalue weighted by molar-refractivity contribution is -0.137. The molecule has 0 aliphatic carbocycles. The standard InChI is InChI=1S/C24H27F3N4/c1-3-5-9-17-12-14-19(15-13-17)29-23-28-16-20(24(25,26)27)22(31-23)30-21-11-7-6-10-18(21)8-4-2/h6-7,10-16H,3-5,8-9H2,1-2H3,(H2,28,29,30,31). The van der Waals surface area contributed by atoms with Gasteiger partial charge in [0, 0.05) is 17.6 Å². The van der Waals surface area contributed by atoms with Crippen LogP contribution in [0.5, 0.6) is 0 Å². The molecule has 1 heterocycles. The van der Waals surface area contributed by atoms with Crippen molar-refractivity contribution in [2.75, 3.05) is 10.6 Å². The highest BCUT2D eigenvalue weighted by atomic mass is 19.4. The van der Waals surface area contributed by atoms with Crippen LogP contribution < -0.4 is 10.6 Å². The van der Waals surface area contributed by atoms with Gasteiger partial charge < -0.3 is 10.6 Å². The molecule has 1 aromatic heterocycles. The molecule has 7 heteroatoms. The molecule has 0 unspecified atom stereocenters. The minimum Gasteiger partial charge on any atom is -0.339 e. The number of benzene rings is 2. The predicted octanol–water partition coefficient (Wildman–Crippen LogP) is 7.28. The Morgan fingerprint density at radius 2 is 1.61 bits per heavy atom. The first-order chi connectivity index (χ1) is 14.9. The third-order valence-electron chi connectivity index (χ3n) is 4.91. The van der Waals surface area contributed by atoms with Crippen molar-refractivity contribution in [3.63, 3.8) is 0 Å². The van der Waals surface area contributed by atoms with E-state index in [2.05, 4.69) is 27.5 Å². The number of hydrogen-bond acceptors (Lipinski definition) is 4. The first-order valence-electron chi connectivity index (χ1n) is 10.6. The Bertz CT molecular complexity index is 985. The summed E-state index contributed by atoms with van der Waals surface area (Å²) in [7, 11) is 0. The van der Waals surface area contributed by atoms with Crippen LogP contribution >= 0.6 is 0 Å². The van der Waals surface area contributed by atoms with Crippen molar-refractivity contribution in [1.82, 2.24) is 9.97 Å². The second kappa shape index (κ2) is 10.3. The van der Waals surface area contributed by atoms with Crippen LogP contribution in [0.15, 0.2) is 54.7 Å². The largest absolute Gasteiger partial charge is 0.421 e. The Labute approximate surface area is 181 Å². The van der Waals surface area contributed by atoms with Crippen LogP contribution in [0.4, 0.5) is 36.3 Å². The molecule has 3 rings (SSSR count). The van der Waals surface area contributed by atoms with Crippen LogP contribution in [0.1, 0.15) is 49.8 Å². The summed E-state index contributed by atoms with van der Waals surface area (Å²) < 4.78 is 40.7. The molecule has 0 saturated carbocycles. The van der Waals surface area contributed by atoms with Crippen LogP contribution in [-0.2, 0) is 19.0 Å². The molecule has 0 saturated heterocycles. The molecular formula is C24H27F3N4. The quantitative estimate of drug-likeness (QED) is 0.376. The van der Waals surface area contributed by atoms with E-state index in [4.69, 9.17) is 0 Å². The van der Waals surface area contributed by atoms with Gasteiger partial charge in [0.2, 0.25) is 5.95 Å². The lowest BCUT2D eigenvalue weighted by Crippen LogP contribution is -2.13. The van der Waals surface area contributed by atoms with Crippen molar-refractivity contribution < 1.29 is 13.2 Å². The first kappa shape index (κ1) is 22.6. The number of alkyl halides is 3. The second-order valence-electron chi connectivity index (χ2n) is 7.41. The summed E-state index contributed by atoms with van der Waals surface area (Å²) in [5.74, 6) is -0.169. The molecule has 31 heavy (non-hydrogen) atoms. The number of nitrogens with one attached hydrogen (secondary N) is 2. The average molecular weight is 429 g/mol. The molecule has 0 fully saturated rings. The van der Waals surface area contributed by atoms with E-state index in [1.165, 1.54) is 5.56 Å². The smallest absolute Gasteiger partial charge is 0.339 e. The predicted molar refractivity (Wildman–Crippen MR) is 119 cm³/mol. The zero-order valence-electron chi connectivity index (χ0n) is 17.8. The maximum Gasteiger partial charge on any atom is 0.421 e. The highest BCUT2D eigenvalue weighted by Gasteiger charge is 2.35. The van der Waals surface area contributed by atoms with Gasteiger partial charge in [0.05, 0.1) is 0 Å². The lowest BCUT2D eigenvalue weighted by atomic mass is 10.1. The molecular weight excluding hydrogens is 401 g/mol. The van der Waals surface area contributed by atoms with Gasteiger partial charge in [-0.1, -0.05) is 57.0 Å². The summed E-state index contributed by atoms with van der Waals surface area (Å²) in [6, 6.07) is 15.1. The number of para-hydroxylation sites is 1. The first-order valence-corrected chi connectivity index (χ1v) is 10.6. The van der Waals surface area contributed by atoms with Gasteiger partial charge in [-0.3, -0.25) is 0 Å². The number of aryl methyl sites for hydroxylation is 2. The Balaban J connectivity index is 1.87. The molecule has 0 atom stereocenters. The van der Waals surface area contributed by atoms with Gasteiger partial charge in [-0.25, -0.2) is 4.98 Å². The van der Waals surface area contributed by atoms with Crippen LogP contribution in [0.25, 0.3) is 0 Å². The zero-order valence-corrected chi connectivity index (χ0v) is 17.8. The number of aromatic nitrogens is 2. The second-order valence-corrected chi connectivity index (χ2v) is 7.41. The van der Waals surface area contributed by atoms with Crippen molar-refractivity contribution in [2.45, 2.75) is 52.1 Å². The molecule has 0 aliphatic heterocycles. The minimum absolute atomic E-state index is 0.102. The molecule has 2 N–H and O–H groups in total. The Hall–Kier alpha value is -3.09. The number of unbranched alkanes of at least 4 members (excludes halogenated alkanes) is 1. The average Bonchev–Trinajstić information content (AvgIpc) is 2.74. The van der Waals surface area contributed by atoms with Crippen molar-refractivity contribution in [3.8, 4) is 0 Å². The summed E-state index contributed by atoms with van der Waals surface area (Å²) in [5, 5.41) is 5.88. The molecule has 2 aromatic carbocycles. The molecule has 0 radical (unpaired) electrons. The molecule has 0 amide bonds. The highest BCUT2D eigenvalue weighted by molar-refractivity contribution is 5.65. The maximum absolute atomic E-state index is 13.6. The molecule has 164 valence electrons. The van der Waals surface area contributed by atoms with Gasteiger partial charge in [-0.05, 0) is 48.6 Å². The number of rotatable bonds is 9. The van der Waals surface area contributed by atoms with Crippen molar-refractivity contribution in [2.24, 2.45) is 0 Å². The monoisotopic (exact) mass is 428 g/mol.